The Kier molecular flexibility index (Phi) is 4.18. The average molecular weight is 219 g/mol. The van der Waals surface area contributed by atoms with Crippen molar-refractivity contribution >= 4 is 28.8 Å². The highest BCUT2D eigenvalue weighted by Crippen LogP contribution is 2.14. The van der Waals surface area contributed by atoms with Gasteiger partial charge in [0.15, 0.2) is 0 Å². The minimum atomic E-state index is -0.0299. The van der Waals surface area contributed by atoms with E-state index in [1.165, 1.54) is 11.3 Å². The Morgan fingerprint density at radius 3 is 3.15 bits per heavy atom. The maximum Gasteiger partial charge on any atom is 0.221 e. The number of halogens is 1. The minimum Gasteiger partial charge on any atom is -0.347 e. The molecule has 1 rings (SSSR count). The average Bonchev–Trinajstić information content (AvgIpc) is 2.55. The molecule has 1 aromatic heterocycles. The molecule has 0 aromatic carbocycles. The first-order valence-electron chi connectivity index (χ1n) is 3.98. The Bertz CT molecular complexity index is 263. The van der Waals surface area contributed by atoms with E-state index < -0.39 is 0 Å². The number of carbonyl (C=O) groups excluding carboxylic acids is 1. The van der Waals surface area contributed by atoms with Gasteiger partial charge in [-0.25, -0.2) is 4.98 Å². The van der Waals surface area contributed by atoms with Crippen molar-refractivity contribution in [3.8, 4) is 0 Å². The Morgan fingerprint density at radius 2 is 2.62 bits per heavy atom. The molecule has 0 spiro atoms. The lowest BCUT2D eigenvalue weighted by atomic mass is 10.3. The van der Waals surface area contributed by atoms with Crippen molar-refractivity contribution in [2.75, 3.05) is 5.88 Å². The molecule has 0 aliphatic carbocycles. The zero-order chi connectivity index (χ0) is 9.68. The lowest BCUT2D eigenvalue weighted by molar-refractivity contribution is -0.121. The number of carbonyl (C=O) groups is 1. The number of hydrogen-bond acceptors (Lipinski definition) is 3. The van der Waals surface area contributed by atoms with Crippen LogP contribution in [0.5, 0.6) is 0 Å². The van der Waals surface area contributed by atoms with Gasteiger partial charge in [-0.3, -0.25) is 4.79 Å². The Balaban J connectivity index is 2.42. The lowest BCUT2D eigenvalue weighted by Gasteiger charge is -2.09. The second kappa shape index (κ2) is 5.19. The summed E-state index contributed by atoms with van der Waals surface area (Å²) in [7, 11) is 0. The van der Waals surface area contributed by atoms with E-state index in [1.54, 1.807) is 6.20 Å². The van der Waals surface area contributed by atoms with Crippen molar-refractivity contribution < 1.29 is 4.79 Å². The van der Waals surface area contributed by atoms with Crippen molar-refractivity contribution in [2.45, 2.75) is 19.4 Å². The summed E-state index contributed by atoms with van der Waals surface area (Å²) in [6.07, 6.45) is 2.08. The van der Waals surface area contributed by atoms with Gasteiger partial charge in [-0.05, 0) is 6.92 Å². The first-order valence-corrected chi connectivity index (χ1v) is 5.40. The topological polar surface area (TPSA) is 42.0 Å². The van der Waals surface area contributed by atoms with E-state index in [-0.39, 0.29) is 11.9 Å². The van der Waals surface area contributed by atoms with Crippen LogP contribution in [0.2, 0.25) is 0 Å². The normalized spacial score (nSPS) is 12.5. The molecule has 72 valence electrons. The van der Waals surface area contributed by atoms with Crippen LogP contribution in [0.3, 0.4) is 0 Å². The summed E-state index contributed by atoms with van der Waals surface area (Å²) in [5.41, 5.74) is 0. The molecule has 1 aromatic rings. The quantitative estimate of drug-likeness (QED) is 0.785. The standard InChI is InChI=1S/C8H11ClN2OS/c1-6(8-10-4-5-13-8)11-7(12)2-3-9/h4-6H,2-3H2,1H3,(H,11,12). The zero-order valence-electron chi connectivity index (χ0n) is 7.29. The van der Waals surface area contributed by atoms with Gasteiger partial charge in [-0.1, -0.05) is 0 Å². The molecular formula is C8H11ClN2OS. The molecule has 5 heteroatoms. The van der Waals surface area contributed by atoms with Gasteiger partial charge in [0.2, 0.25) is 5.91 Å². The molecule has 13 heavy (non-hydrogen) atoms. The van der Waals surface area contributed by atoms with Crippen LogP contribution in [0.25, 0.3) is 0 Å². The molecule has 0 radical (unpaired) electrons. The smallest absolute Gasteiger partial charge is 0.221 e. The van der Waals surface area contributed by atoms with Crippen molar-refractivity contribution in [1.82, 2.24) is 10.3 Å². The van der Waals surface area contributed by atoms with E-state index in [2.05, 4.69) is 10.3 Å². The molecule has 0 fully saturated rings. The first kappa shape index (κ1) is 10.5. The fourth-order valence-electron chi connectivity index (χ4n) is 0.910. The molecule has 0 saturated carbocycles. The van der Waals surface area contributed by atoms with Crippen molar-refractivity contribution in [3.05, 3.63) is 16.6 Å². The molecule has 0 aliphatic heterocycles. The van der Waals surface area contributed by atoms with Gasteiger partial charge >= 0.3 is 0 Å². The summed E-state index contributed by atoms with van der Waals surface area (Å²) < 4.78 is 0. The van der Waals surface area contributed by atoms with Crippen LogP contribution in [0.4, 0.5) is 0 Å². The van der Waals surface area contributed by atoms with Crippen LogP contribution in [0.1, 0.15) is 24.4 Å². The van der Waals surface area contributed by atoms with E-state index in [4.69, 9.17) is 11.6 Å². The number of hydrogen-bond donors (Lipinski definition) is 1. The molecule has 0 saturated heterocycles. The highest BCUT2D eigenvalue weighted by Gasteiger charge is 2.10. The van der Waals surface area contributed by atoms with Crippen LogP contribution < -0.4 is 5.32 Å². The summed E-state index contributed by atoms with van der Waals surface area (Å²) >= 11 is 6.96. The van der Waals surface area contributed by atoms with Crippen molar-refractivity contribution in [2.24, 2.45) is 0 Å². The predicted molar refractivity (Wildman–Crippen MR) is 54.0 cm³/mol. The lowest BCUT2D eigenvalue weighted by Crippen LogP contribution is -2.26. The Labute approximate surface area is 86.1 Å². The maximum absolute atomic E-state index is 11.1. The number of amides is 1. The summed E-state index contributed by atoms with van der Waals surface area (Å²) in [5, 5.41) is 5.62. The largest absolute Gasteiger partial charge is 0.347 e. The van der Waals surface area contributed by atoms with E-state index >= 15 is 0 Å². The fourth-order valence-corrected chi connectivity index (χ4v) is 1.73. The minimum absolute atomic E-state index is 0.0179. The van der Waals surface area contributed by atoms with Gasteiger partial charge in [-0.15, -0.1) is 22.9 Å². The molecular weight excluding hydrogens is 208 g/mol. The van der Waals surface area contributed by atoms with E-state index in [9.17, 15) is 4.79 Å². The SMILES string of the molecule is CC(NC(=O)CCCl)c1nccs1. The second-order valence-electron chi connectivity index (χ2n) is 2.60. The molecule has 1 unspecified atom stereocenters. The van der Waals surface area contributed by atoms with E-state index in [0.29, 0.717) is 12.3 Å². The number of thiazole rings is 1. The molecule has 1 atom stereocenters. The first-order chi connectivity index (χ1) is 6.24. The summed E-state index contributed by atoms with van der Waals surface area (Å²) in [6.45, 7) is 1.91. The fraction of sp³-hybridized carbons (Fsp3) is 0.500. The van der Waals surface area contributed by atoms with Gasteiger partial charge in [0.1, 0.15) is 5.01 Å². The van der Waals surface area contributed by atoms with E-state index in [1.807, 2.05) is 12.3 Å². The third-order valence-corrected chi connectivity index (χ3v) is 2.67. The Hall–Kier alpha value is -0.610. The van der Waals surface area contributed by atoms with Crippen LogP contribution in [-0.4, -0.2) is 16.8 Å². The monoisotopic (exact) mass is 218 g/mol. The number of alkyl halides is 1. The van der Waals surface area contributed by atoms with Gasteiger partial charge in [0.05, 0.1) is 6.04 Å². The van der Waals surface area contributed by atoms with Crippen LogP contribution in [0.15, 0.2) is 11.6 Å². The molecule has 0 bridgehead atoms. The van der Waals surface area contributed by atoms with Gasteiger partial charge in [0, 0.05) is 23.9 Å². The number of nitrogens with zero attached hydrogens (tertiary/aromatic N) is 1. The molecule has 0 aliphatic rings. The second-order valence-corrected chi connectivity index (χ2v) is 3.90. The maximum atomic E-state index is 11.1. The van der Waals surface area contributed by atoms with Gasteiger partial charge < -0.3 is 5.32 Å². The molecule has 3 nitrogen and oxygen atoms in total. The zero-order valence-corrected chi connectivity index (χ0v) is 8.86. The summed E-state index contributed by atoms with van der Waals surface area (Å²) in [6, 6.07) is -0.0179. The van der Waals surface area contributed by atoms with Crippen molar-refractivity contribution in [3.63, 3.8) is 0 Å². The Morgan fingerprint density at radius 1 is 1.85 bits per heavy atom. The summed E-state index contributed by atoms with van der Waals surface area (Å²) in [5.74, 6) is 0.328. The third-order valence-electron chi connectivity index (χ3n) is 1.52. The van der Waals surface area contributed by atoms with Crippen LogP contribution in [-0.2, 0) is 4.79 Å². The summed E-state index contributed by atoms with van der Waals surface area (Å²) in [4.78, 5) is 15.2. The van der Waals surface area contributed by atoms with E-state index in [0.717, 1.165) is 5.01 Å². The molecule has 1 heterocycles. The van der Waals surface area contributed by atoms with Crippen LogP contribution in [0, 0.1) is 0 Å². The van der Waals surface area contributed by atoms with Crippen LogP contribution >= 0.6 is 22.9 Å². The highest BCUT2D eigenvalue weighted by atomic mass is 35.5. The van der Waals surface area contributed by atoms with Gasteiger partial charge in [0.25, 0.3) is 0 Å². The number of aromatic nitrogens is 1. The highest BCUT2D eigenvalue weighted by molar-refractivity contribution is 7.09. The number of rotatable bonds is 4. The van der Waals surface area contributed by atoms with Gasteiger partial charge in [-0.2, -0.15) is 0 Å². The van der Waals surface area contributed by atoms with Crippen molar-refractivity contribution in [1.29, 1.82) is 0 Å². The third kappa shape index (κ3) is 3.32. The molecule has 1 N–H and O–H groups in total. The predicted octanol–water partition coefficient (Wildman–Crippen LogP) is 1.95. The number of nitrogens with one attached hydrogen (secondary N) is 1. The molecule has 1 amide bonds.